The zero-order valence-corrected chi connectivity index (χ0v) is 10.8. The average molecular weight is 267 g/mol. The first-order chi connectivity index (χ1) is 8.19. The van der Waals surface area contributed by atoms with Crippen LogP contribution < -0.4 is 5.56 Å². The van der Waals surface area contributed by atoms with Gasteiger partial charge in [-0.1, -0.05) is 18.2 Å². The predicted octanol–water partition coefficient (Wildman–Crippen LogP) is 2.18. The minimum absolute atomic E-state index is 0.00316. The van der Waals surface area contributed by atoms with Crippen LogP contribution >= 0.6 is 25.3 Å². The SMILES string of the molecule is O=c1[nH]c(O)c(C(CS)CS)c2ccccc12. The molecule has 17 heavy (non-hydrogen) atoms. The molecular weight excluding hydrogens is 254 g/mol. The highest BCUT2D eigenvalue weighted by Gasteiger charge is 2.17. The second-order valence-electron chi connectivity index (χ2n) is 3.82. The summed E-state index contributed by atoms with van der Waals surface area (Å²) in [5, 5.41) is 11.2. The summed E-state index contributed by atoms with van der Waals surface area (Å²) in [6, 6.07) is 7.22. The van der Waals surface area contributed by atoms with Gasteiger partial charge in [-0.2, -0.15) is 25.3 Å². The minimum atomic E-state index is -0.279. The lowest BCUT2D eigenvalue weighted by Gasteiger charge is -2.15. The third-order valence-electron chi connectivity index (χ3n) is 2.80. The van der Waals surface area contributed by atoms with Gasteiger partial charge in [0.15, 0.2) is 5.88 Å². The van der Waals surface area contributed by atoms with Gasteiger partial charge in [0.05, 0.1) is 0 Å². The van der Waals surface area contributed by atoms with Gasteiger partial charge in [0, 0.05) is 16.9 Å². The second kappa shape index (κ2) is 5.06. The first kappa shape index (κ1) is 12.4. The first-order valence-electron chi connectivity index (χ1n) is 5.24. The molecule has 0 saturated carbocycles. The highest BCUT2D eigenvalue weighted by molar-refractivity contribution is 7.81. The minimum Gasteiger partial charge on any atom is -0.494 e. The Labute approximate surface area is 110 Å². The molecule has 1 heterocycles. The van der Waals surface area contributed by atoms with Crippen LogP contribution in [0.3, 0.4) is 0 Å². The summed E-state index contributed by atoms with van der Waals surface area (Å²) < 4.78 is 0. The number of pyridine rings is 1. The molecule has 0 unspecified atom stereocenters. The molecule has 1 aromatic heterocycles. The van der Waals surface area contributed by atoms with Crippen molar-refractivity contribution in [2.45, 2.75) is 5.92 Å². The van der Waals surface area contributed by atoms with Gasteiger partial charge in [-0.3, -0.25) is 9.78 Å². The molecule has 2 rings (SSSR count). The van der Waals surface area contributed by atoms with Crippen molar-refractivity contribution in [1.82, 2.24) is 4.98 Å². The van der Waals surface area contributed by atoms with E-state index in [-0.39, 0.29) is 17.4 Å². The standard InChI is InChI=1S/C12H13NO2S2/c14-11-9-4-2-1-3-8(9)10(12(15)13-11)7(5-16)6-17/h1-4,7,16-17H,5-6H2,(H2,13,14,15). The molecule has 2 aromatic rings. The highest BCUT2D eigenvalue weighted by atomic mass is 32.1. The Morgan fingerprint density at radius 3 is 2.35 bits per heavy atom. The van der Waals surface area contributed by atoms with Crippen molar-refractivity contribution in [2.24, 2.45) is 0 Å². The molecule has 0 atom stereocenters. The van der Waals surface area contributed by atoms with Crippen LogP contribution in [0, 0.1) is 0 Å². The topological polar surface area (TPSA) is 53.1 Å². The van der Waals surface area contributed by atoms with Gasteiger partial charge in [0.2, 0.25) is 0 Å². The fraction of sp³-hybridized carbons (Fsp3) is 0.250. The Bertz CT molecular complexity index is 591. The first-order valence-corrected chi connectivity index (χ1v) is 6.51. The van der Waals surface area contributed by atoms with Crippen LogP contribution in [-0.2, 0) is 0 Å². The number of thiol groups is 2. The third-order valence-corrected chi connectivity index (χ3v) is 3.68. The Morgan fingerprint density at radius 2 is 1.76 bits per heavy atom. The van der Waals surface area contributed by atoms with Gasteiger partial charge in [-0.05, 0) is 23.0 Å². The summed E-state index contributed by atoms with van der Waals surface area (Å²) in [6.45, 7) is 0. The van der Waals surface area contributed by atoms with E-state index in [4.69, 9.17) is 0 Å². The number of benzene rings is 1. The fourth-order valence-electron chi connectivity index (χ4n) is 1.94. The number of aromatic hydroxyl groups is 1. The number of hydrogen-bond acceptors (Lipinski definition) is 4. The molecule has 0 aliphatic rings. The number of nitrogens with one attached hydrogen (secondary N) is 1. The quantitative estimate of drug-likeness (QED) is 0.644. The molecule has 90 valence electrons. The van der Waals surface area contributed by atoms with Crippen molar-refractivity contribution in [2.75, 3.05) is 11.5 Å². The maximum atomic E-state index is 11.7. The molecule has 0 bridgehead atoms. The van der Waals surface area contributed by atoms with Crippen LogP contribution in [0.1, 0.15) is 11.5 Å². The van der Waals surface area contributed by atoms with E-state index in [0.29, 0.717) is 22.5 Å². The van der Waals surface area contributed by atoms with Gasteiger partial charge in [0.1, 0.15) is 0 Å². The molecule has 3 nitrogen and oxygen atoms in total. The molecule has 2 N–H and O–H groups in total. The lowest BCUT2D eigenvalue weighted by Crippen LogP contribution is -2.12. The van der Waals surface area contributed by atoms with Crippen LogP contribution in [0.25, 0.3) is 10.8 Å². The van der Waals surface area contributed by atoms with Crippen molar-refractivity contribution in [3.8, 4) is 5.88 Å². The Kier molecular flexibility index (Phi) is 3.69. The normalized spacial score (nSPS) is 11.2. The van der Waals surface area contributed by atoms with Gasteiger partial charge < -0.3 is 5.11 Å². The van der Waals surface area contributed by atoms with Gasteiger partial charge in [-0.25, -0.2) is 0 Å². The molecule has 0 amide bonds. The maximum Gasteiger partial charge on any atom is 0.258 e. The van der Waals surface area contributed by atoms with Crippen LogP contribution in [0.5, 0.6) is 5.88 Å². The van der Waals surface area contributed by atoms with E-state index >= 15 is 0 Å². The van der Waals surface area contributed by atoms with E-state index in [1.165, 1.54) is 0 Å². The molecule has 0 aliphatic carbocycles. The van der Waals surface area contributed by atoms with E-state index < -0.39 is 0 Å². The van der Waals surface area contributed by atoms with Gasteiger partial charge in [0.25, 0.3) is 5.56 Å². The predicted molar refractivity (Wildman–Crippen MR) is 76.7 cm³/mol. The van der Waals surface area contributed by atoms with Crippen molar-refractivity contribution in [3.05, 3.63) is 40.2 Å². The summed E-state index contributed by atoms with van der Waals surface area (Å²) in [6.07, 6.45) is 0. The molecule has 5 heteroatoms. The van der Waals surface area contributed by atoms with Crippen molar-refractivity contribution in [3.63, 3.8) is 0 Å². The second-order valence-corrected chi connectivity index (χ2v) is 4.55. The van der Waals surface area contributed by atoms with Gasteiger partial charge >= 0.3 is 0 Å². The summed E-state index contributed by atoms with van der Waals surface area (Å²) in [7, 11) is 0. The number of aromatic nitrogens is 1. The molecule has 0 radical (unpaired) electrons. The highest BCUT2D eigenvalue weighted by Crippen LogP contribution is 2.31. The van der Waals surface area contributed by atoms with Crippen molar-refractivity contribution < 1.29 is 5.11 Å². The summed E-state index contributed by atoms with van der Waals surface area (Å²) in [5.74, 6) is 1.05. The Morgan fingerprint density at radius 1 is 1.18 bits per heavy atom. The molecule has 0 saturated heterocycles. The van der Waals surface area contributed by atoms with Crippen molar-refractivity contribution in [1.29, 1.82) is 0 Å². The third kappa shape index (κ3) is 2.17. The lowest BCUT2D eigenvalue weighted by atomic mass is 9.97. The molecule has 0 aliphatic heterocycles. The van der Waals surface area contributed by atoms with Gasteiger partial charge in [-0.15, -0.1) is 0 Å². The Hall–Kier alpha value is -1.07. The lowest BCUT2D eigenvalue weighted by molar-refractivity contribution is 0.443. The van der Waals surface area contributed by atoms with Crippen LogP contribution in [-0.4, -0.2) is 21.6 Å². The van der Waals surface area contributed by atoms with E-state index in [1.54, 1.807) is 12.1 Å². The van der Waals surface area contributed by atoms with E-state index in [9.17, 15) is 9.90 Å². The number of aromatic amines is 1. The average Bonchev–Trinajstić information content (AvgIpc) is 2.34. The smallest absolute Gasteiger partial charge is 0.258 e. The molecule has 0 fully saturated rings. The number of hydrogen-bond donors (Lipinski definition) is 4. The summed E-state index contributed by atoms with van der Waals surface area (Å²) in [4.78, 5) is 14.2. The molecule has 1 aromatic carbocycles. The van der Waals surface area contributed by atoms with E-state index in [0.717, 1.165) is 5.39 Å². The summed E-state index contributed by atoms with van der Waals surface area (Å²) >= 11 is 8.51. The van der Waals surface area contributed by atoms with Crippen LogP contribution in [0.2, 0.25) is 0 Å². The largest absolute Gasteiger partial charge is 0.494 e. The zero-order valence-electron chi connectivity index (χ0n) is 9.05. The molecule has 0 spiro atoms. The van der Waals surface area contributed by atoms with Crippen LogP contribution in [0.15, 0.2) is 29.1 Å². The van der Waals surface area contributed by atoms with E-state index in [2.05, 4.69) is 30.2 Å². The number of fused-ring (bicyclic) bond motifs is 1. The number of H-pyrrole nitrogens is 1. The Balaban J connectivity index is 2.82. The molecular formula is C12H13NO2S2. The summed E-state index contributed by atoms with van der Waals surface area (Å²) in [5.41, 5.74) is 0.434. The van der Waals surface area contributed by atoms with E-state index in [1.807, 2.05) is 12.1 Å². The number of rotatable bonds is 3. The fourth-order valence-corrected chi connectivity index (χ4v) is 2.77. The van der Waals surface area contributed by atoms with Crippen LogP contribution in [0.4, 0.5) is 0 Å². The van der Waals surface area contributed by atoms with Crippen molar-refractivity contribution >= 4 is 36.0 Å². The monoisotopic (exact) mass is 267 g/mol. The maximum absolute atomic E-state index is 11.7. The zero-order chi connectivity index (χ0) is 12.4.